The van der Waals surface area contributed by atoms with Gasteiger partial charge in [-0.3, -0.25) is 0 Å². The highest BCUT2D eigenvalue weighted by atomic mass is 16.5. The van der Waals surface area contributed by atoms with Crippen LogP contribution in [0.5, 0.6) is 11.5 Å². The standard InChI is InChI=1S/C18H20O4/c1-20-16-11-9-13(12-17(16)21-2)8-10-14-6-4-5-7-15(14)18(19)22-3/h4-7,9,11-12H,8,10H2,1-3H3. The fourth-order valence-corrected chi connectivity index (χ4v) is 2.36. The Bertz CT molecular complexity index is 649. The minimum atomic E-state index is -0.303. The van der Waals surface area contributed by atoms with Crippen LogP contribution in [-0.2, 0) is 17.6 Å². The molecule has 0 fully saturated rings. The molecule has 0 aromatic heterocycles. The zero-order chi connectivity index (χ0) is 15.9. The number of carbonyl (C=O) groups excluding carboxylic acids is 1. The third-order valence-electron chi connectivity index (χ3n) is 3.55. The van der Waals surface area contributed by atoms with E-state index in [1.165, 1.54) is 7.11 Å². The number of aryl methyl sites for hydroxylation is 2. The van der Waals surface area contributed by atoms with Gasteiger partial charge in [0.15, 0.2) is 11.5 Å². The Morgan fingerprint density at radius 2 is 1.64 bits per heavy atom. The van der Waals surface area contributed by atoms with Crippen LogP contribution in [0.4, 0.5) is 0 Å². The highest BCUT2D eigenvalue weighted by Gasteiger charge is 2.11. The maximum Gasteiger partial charge on any atom is 0.338 e. The lowest BCUT2D eigenvalue weighted by molar-refractivity contribution is 0.0599. The Balaban J connectivity index is 2.15. The smallest absolute Gasteiger partial charge is 0.338 e. The SMILES string of the molecule is COC(=O)c1ccccc1CCc1ccc(OC)c(OC)c1. The molecule has 0 unspecified atom stereocenters. The van der Waals surface area contributed by atoms with Crippen molar-refractivity contribution in [2.75, 3.05) is 21.3 Å². The summed E-state index contributed by atoms with van der Waals surface area (Å²) in [6.07, 6.45) is 1.55. The number of benzene rings is 2. The molecule has 0 atom stereocenters. The van der Waals surface area contributed by atoms with Gasteiger partial charge in [0, 0.05) is 0 Å². The maximum atomic E-state index is 11.8. The molecule has 2 aromatic rings. The van der Waals surface area contributed by atoms with Gasteiger partial charge in [-0.05, 0) is 42.2 Å². The van der Waals surface area contributed by atoms with Crippen LogP contribution in [0, 0.1) is 0 Å². The second kappa shape index (κ2) is 7.50. The number of hydrogen-bond donors (Lipinski definition) is 0. The second-order valence-electron chi connectivity index (χ2n) is 4.84. The van der Waals surface area contributed by atoms with Gasteiger partial charge in [0.25, 0.3) is 0 Å². The molecule has 0 spiro atoms. The first kappa shape index (κ1) is 15.9. The van der Waals surface area contributed by atoms with Gasteiger partial charge in [-0.25, -0.2) is 4.79 Å². The van der Waals surface area contributed by atoms with Crippen LogP contribution in [0.25, 0.3) is 0 Å². The van der Waals surface area contributed by atoms with E-state index in [2.05, 4.69) is 0 Å². The van der Waals surface area contributed by atoms with Gasteiger partial charge in [0.05, 0.1) is 26.9 Å². The molecule has 2 aromatic carbocycles. The predicted molar refractivity (Wildman–Crippen MR) is 84.7 cm³/mol. The van der Waals surface area contributed by atoms with E-state index >= 15 is 0 Å². The molecule has 116 valence electrons. The summed E-state index contributed by atoms with van der Waals surface area (Å²) in [4.78, 5) is 11.8. The molecule has 0 aliphatic heterocycles. The molecule has 0 N–H and O–H groups in total. The first-order valence-electron chi connectivity index (χ1n) is 7.06. The first-order valence-corrected chi connectivity index (χ1v) is 7.06. The third-order valence-corrected chi connectivity index (χ3v) is 3.55. The van der Waals surface area contributed by atoms with E-state index < -0.39 is 0 Å². The van der Waals surface area contributed by atoms with E-state index in [9.17, 15) is 4.79 Å². The molecule has 0 saturated heterocycles. The van der Waals surface area contributed by atoms with Crippen LogP contribution in [0.1, 0.15) is 21.5 Å². The van der Waals surface area contributed by atoms with Crippen molar-refractivity contribution in [2.45, 2.75) is 12.8 Å². The van der Waals surface area contributed by atoms with Crippen LogP contribution in [0.15, 0.2) is 42.5 Å². The van der Waals surface area contributed by atoms with Gasteiger partial charge in [-0.1, -0.05) is 24.3 Å². The summed E-state index contributed by atoms with van der Waals surface area (Å²) < 4.78 is 15.4. The Morgan fingerprint density at radius 1 is 0.909 bits per heavy atom. The Labute approximate surface area is 130 Å². The Morgan fingerprint density at radius 3 is 2.32 bits per heavy atom. The molecule has 0 bridgehead atoms. The van der Waals surface area contributed by atoms with Gasteiger partial charge in [0.2, 0.25) is 0 Å². The fraction of sp³-hybridized carbons (Fsp3) is 0.278. The van der Waals surface area contributed by atoms with Crippen molar-refractivity contribution < 1.29 is 19.0 Å². The molecule has 0 aliphatic rings. The predicted octanol–water partition coefficient (Wildman–Crippen LogP) is 3.28. The summed E-state index contributed by atoms with van der Waals surface area (Å²) in [7, 11) is 4.63. The molecule has 0 saturated carbocycles. The van der Waals surface area contributed by atoms with Crippen molar-refractivity contribution in [1.29, 1.82) is 0 Å². The number of carbonyl (C=O) groups is 1. The van der Waals surface area contributed by atoms with E-state index in [-0.39, 0.29) is 5.97 Å². The summed E-state index contributed by atoms with van der Waals surface area (Å²) in [5.74, 6) is 1.12. The molecule has 0 aliphatic carbocycles. The molecule has 2 rings (SSSR count). The lowest BCUT2D eigenvalue weighted by atomic mass is 9.99. The average molecular weight is 300 g/mol. The van der Waals surface area contributed by atoms with Crippen molar-refractivity contribution in [2.24, 2.45) is 0 Å². The molecular formula is C18H20O4. The van der Waals surface area contributed by atoms with Crippen LogP contribution >= 0.6 is 0 Å². The van der Waals surface area contributed by atoms with Crippen molar-refractivity contribution in [1.82, 2.24) is 0 Å². The van der Waals surface area contributed by atoms with Crippen molar-refractivity contribution in [3.63, 3.8) is 0 Å². The molecule has 0 radical (unpaired) electrons. The second-order valence-corrected chi connectivity index (χ2v) is 4.84. The third kappa shape index (κ3) is 3.58. The molecular weight excluding hydrogens is 280 g/mol. The zero-order valence-corrected chi connectivity index (χ0v) is 13.1. The first-order chi connectivity index (χ1) is 10.7. The van der Waals surface area contributed by atoms with Crippen molar-refractivity contribution in [3.8, 4) is 11.5 Å². The lowest BCUT2D eigenvalue weighted by Gasteiger charge is -2.11. The van der Waals surface area contributed by atoms with Gasteiger partial charge in [-0.2, -0.15) is 0 Å². The van der Waals surface area contributed by atoms with Crippen LogP contribution in [-0.4, -0.2) is 27.3 Å². The topological polar surface area (TPSA) is 44.8 Å². The largest absolute Gasteiger partial charge is 0.493 e. The van der Waals surface area contributed by atoms with Crippen LogP contribution in [0.3, 0.4) is 0 Å². The summed E-state index contributed by atoms with van der Waals surface area (Å²) in [5, 5.41) is 0. The van der Waals surface area contributed by atoms with E-state index in [1.807, 2.05) is 36.4 Å². The van der Waals surface area contributed by atoms with E-state index in [4.69, 9.17) is 14.2 Å². The maximum absolute atomic E-state index is 11.8. The fourth-order valence-electron chi connectivity index (χ4n) is 2.36. The van der Waals surface area contributed by atoms with Gasteiger partial charge < -0.3 is 14.2 Å². The quantitative estimate of drug-likeness (QED) is 0.768. The van der Waals surface area contributed by atoms with E-state index in [1.54, 1.807) is 20.3 Å². The van der Waals surface area contributed by atoms with Crippen molar-refractivity contribution >= 4 is 5.97 Å². The Hall–Kier alpha value is -2.49. The molecule has 4 heteroatoms. The Kier molecular flexibility index (Phi) is 5.42. The molecule has 4 nitrogen and oxygen atoms in total. The minimum Gasteiger partial charge on any atom is -0.493 e. The molecule has 0 amide bonds. The number of esters is 1. The lowest BCUT2D eigenvalue weighted by Crippen LogP contribution is -2.06. The number of ether oxygens (including phenoxy) is 3. The van der Waals surface area contributed by atoms with E-state index in [0.29, 0.717) is 17.1 Å². The van der Waals surface area contributed by atoms with Crippen LogP contribution < -0.4 is 9.47 Å². The number of hydrogen-bond acceptors (Lipinski definition) is 4. The summed E-state index contributed by atoms with van der Waals surface area (Å²) in [6, 6.07) is 13.4. The van der Waals surface area contributed by atoms with Crippen LogP contribution in [0.2, 0.25) is 0 Å². The highest BCUT2D eigenvalue weighted by molar-refractivity contribution is 5.90. The van der Waals surface area contributed by atoms with E-state index in [0.717, 1.165) is 24.0 Å². The summed E-state index contributed by atoms with van der Waals surface area (Å²) in [6.45, 7) is 0. The van der Waals surface area contributed by atoms with Gasteiger partial charge in [0.1, 0.15) is 0 Å². The molecule has 0 heterocycles. The highest BCUT2D eigenvalue weighted by Crippen LogP contribution is 2.28. The zero-order valence-electron chi connectivity index (χ0n) is 13.1. The normalized spacial score (nSPS) is 10.1. The number of methoxy groups -OCH3 is 3. The number of rotatable bonds is 6. The van der Waals surface area contributed by atoms with Gasteiger partial charge in [-0.15, -0.1) is 0 Å². The van der Waals surface area contributed by atoms with Crippen molar-refractivity contribution in [3.05, 3.63) is 59.2 Å². The average Bonchev–Trinajstić information content (AvgIpc) is 2.59. The molecule has 22 heavy (non-hydrogen) atoms. The summed E-state index contributed by atoms with van der Waals surface area (Å²) >= 11 is 0. The monoisotopic (exact) mass is 300 g/mol. The minimum absolute atomic E-state index is 0.303. The summed E-state index contributed by atoms with van der Waals surface area (Å²) in [5.41, 5.74) is 2.71. The van der Waals surface area contributed by atoms with Gasteiger partial charge >= 0.3 is 5.97 Å².